The lowest BCUT2D eigenvalue weighted by molar-refractivity contribution is 0.222. The third-order valence-electron chi connectivity index (χ3n) is 4.38. The van der Waals surface area contributed by atoms with Crippen molar-refractivity contribution >= 4 is 15.8 Å². The van der Waals surface area contributed by atoms with E-state index in [9.17, 15) is 8.42 Å². The predicted molar refractivity (Wildman–Crippen MR) is 96.8 cm³/mol. The van der Waals surface area contributed by atoms with Crippen molar-refractivity contribution in [1.29, 1.82) is 0 Å². The third kappa shape index (κ3) is 4.15. The van der Waals surface area contributed by atoms with Gasteiger partial charge in [-0.25, -0.2) is 13.4 Å². The van der Waals surface area contributed by atoms with E-state index in [0.29, 0.717) is 19.6 Å². The summed E-state index contributed by atoms with van der Waals surface area (Å²) in [5.41, 5.74) is 1.12. The summed E-state index contributed by atoms with van der Waals surface area (Å²) in [6.45, 7) is 3.21. The van der Waals surface area contributed by atoms with Crippen LogP contribution in [0.25, 0.3) is 0 Å². The Labute approximate surface area is 149 Å². The number of sulfonamides is 1. The van der Waals surface area contributed by atoms with Crippen LogP contribution in [0.3, 0.4) is 0 Å². The van der Waals surface area contributed by atoms with Crippen molar-refractivity contribution in [1.82, 2.24) is 19.2 Å². The largest absolute Gasteiger partial charge is 0.355 e. The molecule has 0 aromatic carbocycles. The summed E-state index contributed by atoms with van der Waals surface area (Å²) in [5, 5.41) is 0. The molecule has 2 aromatic rings. The molecule has 1 fully saturated rings. The maximum absolute atomic E-state index is 12.7. The minimum atomic E-state index is -3.47. The Bertz CT molecular complexity index is 788. The third-order valence-corrected chi connectivity index (χ3v) is 6.26. The van der Waals surface area contributed by atoms with Crippen molar-refractivity contribution < 1.29 is 8.42 Å². The van der Waals surface area contributed by atoms with E-state index in [1.807, 2.05) is 31.1 Å². The minimum absolute atomic E-state index is 0.248. The van der Waals surface area contributed by atoms with Gasteiger partial charge in [-0.05, 0) is 36.9 Å². The number of rotatable bonds is 5. The van der Waals surface area contributed by atoms with E-state index >= 15 is 0 Å². The van der Waals surface area contributed by atoms with Gasteiger partial charge in [0, 0.05) is 58.4 Å². The molecule has 1 saturated heterocycles. The van der Waals surface area contributed by atoms with Crippen molar-refractivity contribution in [2.75, 3.05) is 45.2 Å². The van der Waals surface area contributed by atoms with Crippen LogP contribution in [0.2, 0.25) is 0 Å². The highest BCUT2D eigenvalue weighted by Crippen LogP contribution is 2.19. The molecule has 2 aromatic heterocycles. The van der Waals surface area contributed by atoms with Crippen LogP contribution in [0.15, 0.2) is 47.8 Å². The van der Waals surface area contributed by atoms with E-state index in [4.69, 9.17) is 0 Å². The van der Waals surface area contributed by atoms with Gasteiger partial charge in [-0.15, -0.1) is 0 Å². The first kappa shape index (κ1) is 17.8. The van der Waals surface area contributed by atoms with Gasteiger partial charge in [-0.2, -0.15) is 4.31 Å². The van der Waals surface area contributed by atoms with Crippen LogP contribution in [-0.2, 0) is 16.6 Å². The van der Waals surface area contributed by atoms with Crippen molar-refractivity contribution in [3.05, 3.63) is 48.4 Å². The molecule has 3 heterocycles. The van der Waals surface area contributed by atoms with E-state index in [1.54, 1.807) is 24.5 Å². The summed E-state index contributed by atoms with van der Waals surface area (Å²) < 4.78 is 27.0. The normalized spacial score (nSPS) is 16.7. The molecule has 134 valence electrons. The van der Waals surface area contributed by atoms with Gasteiger partial charge >= 0.3 is 0 Å². The molecule has 0 saturated carbocycles. The Morgan fingerprint density at radius 2 is 1.76 bits per heavy atom. The Morgan fingerprint density at radius 3 is 2.36 bits per heavy atom. The lowest BCUT2D eigenvalue weighted by atomic mass is 10.2. The van der Waals surface area contributed by atoms with Crippen LogP contribution in [0.4, 0.5) is 5.82 Å². The SMILES string of the molecule is CN1CCN(S(=O)(=O)c2ccc(N(C)Cc3ccncc3)nc2)CC1. The van der Waals surface area contributed by atoms with Crippen LogP contribution in [0.1, 0.15) is 5.56 Å². The molecule has 1 aliphatic heterocycles. The summed E-state index contributed by atoms with van der Waals surface area (Å²) in [5.74, 6) is 0.731. The van der Waals surface area contributed by atoms with Gasteiger partial charge in [0.2, 0.25) is 10.0 Å². The minimum Gasteiger partial charge on any atom is -0.355 e. The molecule has 0 spiro atoms. The number of aromatic nitrogens is 2. The number of anilines is 1. The Hall–Kier alpha value is -2.03. The zero-order valence-corrected chi connectivity index (χ0v) is 15.4. The van der Waals surface area contributed by atoms with E-state index in [0.717, 1.165) is 24.5 Å². The first-order chi connectivity index (χ1) is 12.0. The van der Waals surface area contributed by atoms with Crippen LogP contribution in [0.5, 0.6) is 0 Å². The predicted octanol–water partition coefficient (Wildman–Crippen LogP) is 1.05. The van der Waals surface area contributed by atoms with Crippen LogP contribution >= 0.6 is 0 Å². The van der Waals surface area contributed by atoms with Gasteiger partial charge in [0.05, 0.1) is 0 Å². The van der Waals surface area contributed by atoms with E-state index in [2.05, 4.69) is 14.9 Å². The van der Waals surface area contributed by atoms with Gasteiger partial charge in [-0.1, -0.05) is 0 Å². The fraction of sp³-hybridized carbons (Fsp3) is 0.412. The average Bonchev–Trinajstić information content (AvgIpc) is 2.63. The molecule has 0 unspecified atom stereocenters. The summed E-state index contributed by atoms with van der Waals surface area (Å²) in [4.78, 5) is 12.7. The molecule has 3 rings (SSSR count). The lowest BCUT2D eigenvalue weighted by Gasteiger charge is -2.31. The molecule has 8 heteroatoms. The number of nitrogens with zero attached hydrogens (tertiary/aromatic N) is 5. The summed E-state index contributed by atoms with van der Waals surface area (Å²) >= 11 is 0. The Balaban J connectivity index is 1.71. The van der Waals surface area contributed by atoms with Crippen molar-refractivity contribution in [2.24, 2.45) is 0 Å². The molecule has 1 aliphatic rings. The van der Waals surface area contributed by atoms with Crippen LogP contribution in [0, 0.1) is 0 Å². The van der Waals surface area contributed by atoms with E-state index < -0.39 is 10.0 Å². The number of hydrogen-bond acceptors (Lipinski definition) is 6. The van der Waals surface area contributed by atoms with Gasteiger partial charge in [0.25, 0.3) is 0 Å². The lowest BCUT2D eigenvalue weighted by Crippen LogP contribution is -2.47. The van der Waals surface area contributed by atoms with Crippen molar-refractivity contribution in [3.63, 3.8) is 0 Å². The smallest absolute Gasteiger partial charge is 0.244 e. The second-order valence-electron chi connectivity index (χ2n) is 6.27. The second-order valence-corrected chi connectivity index (χ2v) is 8.21. The topological polar surface area (TPSA) is 69.6 Å². The standard InChI is InChI=1S/C17H23N5O2S/c1-20-9-11-22(12-10-20)25(23,24)16-3-4-17(19-13-16)21(2)14-15-5-7-18-8-6-15/h3-8,13H,9-12,14H2,1-2H3. The number of pyridine rings is 2. The number of likely N-dealkylation sites (N-methyl/N-ethyl adjacent to an activating group) is 1. The monoisotopic (exact) mass is 361 g/mol. The van der Waals surface area contributed by atoms with Crippen molar-refractivity contribution in [2.45, 2.75) is 11.4 Å². The molecular weight excluding hydrogens is 338 g/mol. The molecule has 7 nitrogen and oxygen atoms in total. The summed E-state index contributed by atoms with van der Waals surface area (Å²) in [6.07, 6.45) is 4.96. The highest BCUT2D eigenvalue weighted by atomic mass is 32.2. The Kier molecular flexibility index (Phi) is 5.31. The van der Waals surface area contributed by atoms with E-state index in [-0.39, 0.29) is 4.90 Å². The maximum Gasteiger partial charge on any atom is 0.244 e. The molecule has 0 bridgehead atoms. The Morgan fingerprint density at radius 1 is 1.08 bits per heavy atom. The molecule has 0 N–H and O–H groups in total. The zero-order chi connectivity index (χ0) is 17.9. The maximum atomic E-state index is 12.7. The fourth-order valence-corrected chi connectivity index (χ4v) is 4.14. The molecule has 0 aliphatic carbocycles. The second kappa shape index (κ2) is 7.47. The molecule has 0 radical (unpaired) electrons. The quantitative estimate of drug-likeness (QED) is 0.793. The average molecular weight is 361 g/mol. The number of piperazine rings is 1. The van der Waals surface area contributed by atoms with Gasteiger partial charge in [-0.3, -0.25) is 4.98 Å². The summed E-state index contributed by atoms with van der Waals surface area (Å²) in [6, 6.07) is 7.29. The first-order valence-corrected chi connectivity index (χ1v) is 9.65. The zero-order valence-electron chi connectivity index (χ0n) is 14.5. The van der Waals surface area contributed by atoms with Crippen LogP contribution in [-0.4, -0.2) is 67.9 Å². The molecule has 0 amide bonds. The number of hydrogen-bond donors (Lipinski definition) is 0. The van der Waals surface area contributed by atoms with Crippen LogP contribution < -0.4 is 4.90 Å². The fourth-order valence-electron chi connectivity index (χ4n) is 2.77. The highest BCUT2D eigenvalue weighted by molar-refractivity contribution is 7.89. The summed E-state index contributed by atoms with van der Waals surface area (Å²) in [7, 11) is 0.458. The molecule has 25 heavy (non-hydrogen) atoms. The van der Waals surface area contributed by atoms with Gasteiger partial charge in [0.15, 0.2) is 0 Å². The molecule has 0 atom stereocenters. The highest BCUT2D eigenvalue weighted by Gasteiger charge is 2.27. The van der Waals surface area contributed by atoms with E-state index in [1.165, 1.54) is 10.5 Å². The molecular formula is C17H23N5O2S. The first-order valence-electron chi connectivity index (χ1n) is 8.21. The van der Waals surface area contributed by atoms with Gasteiger partial charge < -0.3 is 9.80 Å². The van der Waals surface area contributed by atoms with Crippen molar-refractivity contribution in [3.8, 4) is 0 Å². The van der Waals surface area contributed by atoms with Gasteiger partial charge in [0.1, 0.15) is 10.7 Å².